The molecule has 6 nitrogen and oxygen atoms in total. The molecule has 0 saturated heterocycles. The number of rotatable bonds is 9. The van der Waals surface area contributed by atoms with Crippen LogP contribution in [0.2, 0.25) is 0 Å². The molecule has 0 heterocycles. The van der Waals surface area contributed by atoms with Crippen LogP contribution in [0.3, 0.4) is 0 Å². The second-order valence-electron chi connectivity index (χ2n) is 8.22. The predicted octanol–water partition coefficient (Wildman–Crippen LogP) is 6.73. The molecule has 4 rings (SSSR count). The van der Waals surface area contributed by atoms with Gasteiger partial charge in [-0.05, 0) is 88.2 Å². The third-order valence-electron chi connectivity index (χ3n) is 5.34. The molecule has 3 amide bonds. The van der Waals surface area contributed by atoms with E-state index in [0.717, 1.165) is 9.37 Å². The van der Waals surface area contributed by atoms with Crippen LogP contribution in [0, 0.1) is 5.82 Å². The van der Waals surface area contributed by atoms with Crippen molar-refractivity contribution in [1.82, 2.24) is 5.32 Å². The number of thioether (sulfide) groups is 1. The van der Waals surface area contributed by atoms with E-state index >= 15 is 0 Å². The van der Waals surface area contributed by atoms with Crippen molar-refractivity contribution in [3.05, 3.63) is 130 Å². The average molecular weight is 605 g/mol. The lowest BCUT2D eigenvalue weighted by atomic mass is 10.1. The Morgan fingerprint density at radius 2 is 1.46 bits per heavy atom. The topological polar surface area (TPSA) is 87.3 Å². The lowest BCUT2D eigenvalue weighted by Gasteiger charge is -2.12. The van der Waals surface area contributed by atoms with Gasteiger partial charge in [-0.2, -0.15) is 0 Å². The minimum absolute atomic E-state index is 0.00217. The molecule has 0 aromatic heterocycles. The highest BCUT2D eigenvalue weighted by atomic mass is 79.9. The van der Waals surface area contributed by atoms with Gasteiger partial charge in [-0.15, -0.1) is 11.8 Å². The molecule has 0 radical (unpaired) electrons. The molecule has 4 aromatic rings. The van der Waals surface area contributed by atoms with E-state index in [9.17, 15) is 18.8 Å². The van der Waals surface area contributed by atoms with Crippen molar-refractivity contribution in [3.63, 3.8) is 0 Å². The summed E-state index contributed by atoms with van der Waals surface area (Å²) in [5.41, 5.74) is 2.13. The highest BCUT2D eigenvalue weighted by Gasteiger charge is 2.15. The Morgan fingerprint density at radius 1 is 0.795 bits per heavy atom. The quantitative estimate of drug-likeness (QED) is 0.146. The van der Waals surface area contributed by atoms with E-state index in [0.29, 0.717) is 22.5 Å². The number of halogens is 2. The minimum atomic E-state index is -0.545. The lowest BCUT2D eigenvalue weighted by molar-refractivity contribution is -0.114. The fourth-order valence-electron chi connectivity index (χ4n) is 3.40. The smallest absolute Gasteiger partial charge is 0.272 e. The third-order valence-corrected chi connectivity index (χ3v) is 7.04. The van der Waals surface area contributed by atoms with Crippen LogP contribution >= 0.6 is 27.7 Å². The molecule has 0 bridgehead atoms. The highest BCUT2D eigenvalue weighted by Crippen LogP contribution is 2.24. The number of carbonyl (C=O) groups excluding carboxylic acids is 3. The van der Waals surface area contributed by atoms with Crippen molar-refractivity contribution in [1.29, 1.82) is 0 Å². The van der Waals surface area contributed by atoms with Crippen molar-refractivity contribution in [3.8, 4) is 0 Å². The predicted molar refractivity (Wildman–Crippen MR) is 157 cm³/mol. The molecule has 196 valence electrons. The van der Waals surface area contributed by atoms with E-state index in [1.807, 2.05) is 24.3 Å². The molecule has 0 atom stereocenters. The molecule has 39 heavy (non-hydrogen) atoms. The number of hydrogen-bond acceptors (Lipinski definition) is 4. The van der Waals surface area contributed by atoms with E-state index in [-0.39, 0.29) is 17.4 Å². The number of benzene rings is 4. The van der Waals surface area contributed by atoms with Crippen LogP contribution in [0.25, 0.3) is 6.08 Å². The monoisotopic (exact) mass is 603 g/mol. The van der Waals surface area contributed by atoms with Crippen LogP contribution in [-0.2, 0) is 9.59 Å². The summed E-state index contributed by atoms with van der Waals surface area (Å²) in [6, 6.07) is 28.4. The van der Waals surface area contributed by atoms with Gasteiger partial charge in [0.15, 0.2) is 0 Å². The summed E-state index contributed by atoms with van der Waals surface area (Å²) < 4.78 is 14.2. The minimum Gasteiger partial charge on any atom is -0.324 e. The maximum absolute atomic E-state index is 13.4. The maximum atomic E-state index is 13.4. The molecular formula is C30H23BrFN3O3S. The molecule has 0 unspecified atom stereocenters. The van der Waals surface area contributed by atoms with Crippen LogP contribution in [0.1, 0.15) is 15.9 Å². The third kappa shape index (κ3) is 8.39. The largest absolute Gasteiger partial charge is 0.324 e. The Labute approximate surface area is 237 Å². The van der Waals surface area contributed by atoms with E-state index in [1.54, 1.807) is 54.6 Å². The van der Waals surface area contributed by atoms with Crippen LogP contribution in [0.5, 0.6) is 0 Å². The zero-order valence-corrected chi connectivity index (χ0v) is 22.9. The second kappa shape index (κ2) is 13.5. The van der Waals surface area contributed by atoms with Gasteiger partial charge in [-0.25, -0.2) is 4.39 Å². The van der Waals surface area contributed by atoms with Crippen LogP contribution in [0.15, 0.2) is 118 Å². The lowest BCUT2D eigenvalue weighted by Crippen LogP contribution is -2.30. The zero-order valence-electron chi connectivity index (χ0n) is 20.5. The van der Waals surface area contributed by atoms with Gasteiger partial charge in [0.2, 0.25) is 5.91 Å². The van der Waals surface area contributed by atoms with Crippen molar-refractivity contribution < 1.29 is 18.8 Å². The fourth-order valence-corrected chi connectivity index (χ4v) is 4.48. The second-order valence-corrected chi connectivity index (χ2v) is 10.1. The van der Waals surface area contributed by atoms with Gasteiger partial charge in [-0.3, -0.25) is 14.4 Å². The Kier molecular flexibility index (Phi) is 9.66. The fraction of sp³-hybridized carbons (Fsp3) is 0.0333. The number of hydrogen-bond donors (Lipinski definition) is 3. The van der Waals surface area contributed by atoms with Crippen LogP contribution in [0.4, 0.5) is 15.8 Å². The van der Waals surface area contributed by atoms with Crippen molar-refractivity contribution >= 4 is 62.9 Å². The van der Waals surface area contributed by atoms with Gasteiger partial charge in [0.25, 0.3) is 11.8 Å². The molecule has 0 saturated carbocycles. The Hall–Kier alpha value is -4.21. The number of anilines is 2. The first-order valence-electron chi connectivity index (χ1n) is 11.8. The molecule has 9 heteroatoms. The van der Waals surface area contributed by atoms with Gasteiger partial charge in [0.05, 0.1) is 11.4 Å². The molecule has 0 spiro atoms. The van der Waals surface area contributed by atoms with Crippen LogP contribution in [-0.4, -0.2) is 23.5 Å². The van der Waals surface area contributed by atoms with Gasteiger partial charge in [-0.1, -0.05) is 42.5 Å². The first kappa shape index (κ1) is 27.8. The molecule has 0 aliphatic carbocycles. The molecule has 0 aliphatic rings. The Bertz CT molecular complexity index is 1490. The molecule has 3 N–H and O–H groups in total. The van der Waals surface area contributed by atoms with Gasteiger partial charge in [0, 0.05) is 20.6 Å². The molecule has 4 aromatic carbocycles. The van der Waals surface area contributed by atoms with Gasteiger partial charge in [0.1, 0.15) is 11.5 Å². The van der Waals surface area contributed by atoms with E-state index in [4.69, 9.17) is 0 Å². The number of nitrogens with one attached hydrogen (secondary N) is 3. The summed E-state index contributed by atoms with van der Waals surface area (Å²) in [7, 11) is 0. The number of para-hydroxylation sites is 1. The maximum Gasteiger partial charge on any atom is 0.272 e. The normalized spacial score (nSPS) is 11.0. The Morgan fingerprint density at radius 3 is 2.15 bits per heavy atom. The number of amides is 3. The van der Waals surface area contributed by atoms with Crippen molar-refractivity contribution in [2.75, 3.05) is 16.4 Å². The van der Waals surface area contributed by atoms with E-state index in [2.05, 4.69) is 31.9 Å². The average Bonchev–Trinajstić information content (AvgIpc) is 2.95. The summed E-state index contributed by atoms with van der Waals surface area (Å²) in [6.45, 7) is 0. The van der Waals surface area contributed by atoms with Crippen LogP contribution < -0.4 is 16.0 Å². The first-order chi connectivity index (χ1) is 18.9. The first-order valence-corrected chi connectivity index (χ1v) is 13.6. The van der Waals surface area contributed by atoms with E-state index in [1.165, 1.54) is 42.1 Å². The van der Waals surface area contributed by atoms with Crippen molar-refractivity contribution in [2.45, 2.75) is 4.90 Å². The van der Waals surface area contributed by atoms with Gasteiger partial charge >= 0.3 is 0 Å². The van der Waals surface area contributed by atoms with E-state index < -0.39 is 17.6 Å². The standard InChI is InChI=1S/C30H23BrFN3O3S/c31-25-8-4-5-9-26(25)34-28(36)19-39-24-16-14-23(15-17-24)33-30(38)27(18-20-10-12-22(32)13-11-20)35-29(37)21-6-2-1-3-7-21/h1-18H,19H2,(H,33,38)(H,34,36)(H,35,37)/b27-18-. The van der Waals surface area contributed by atoms with Crippen molar-refractivity contribution in [2.24, 2.45) is 0 Å². The molecule has 0 aliphatic heterocycles. The number of carbonyl (C=O) groups is 3. The SMILES string of the molecule is O=C(CSc1ccc(NC(=O)/C(=C/c2ccc(F)cc2)NC(=O)c2ccccc2)cc1)Nc1ccccc1Br. The summed E-state index contributed by atoms with van der Waals surface area (Å²) in [5.74, 6) is -1.34. The summed E-state index contributed by atoms with van der Waals surface area (Å²) >= 11 is 4.76. The summed E-state index contributed by atoms with van der Waals surface area (Å²) in [4.78, 5) is 39.0. The summed E-state index contributed by atoms with van der Waals surface area (Å²) in [5, 5.41) is 8.28. The Balaban J connectivity index is 1.40. The highest BCUT2D eigenvalue weighted by molar-refractivity contribution is 9.10. The zero-order chi connectivity index (χ0) is 27.6. The molecule has 0 fully saturated rings. The van der Waals surface area contributed by atoms with Gasteiger partial charge < -0.3 is 16.0 Å². The summed E-state index contributed by atoms with van der Waals surface area (Å²) in [6.07, 6.45) is 1.48. The molecular weight excluding hydrogens is 581 g/mol.